The predicted molar refractivity (Wildman–Crippen MR) is 136 cm³/mol. The van der Waals surface area contributed by atoms with Crippen LogP contribution in [-0.4, -0.2) is 4.98 Å². The molecule has 0 saturated heterocycles. The largest absolute Gasteiger partial charge is 0.258 e. The van der Waals surface area contributed by atoms with E-state index in [0.717, 1.165) is 13.0 Å². The minimum atomic E-state index is 0.0200. The van der Waals surface area contributed by atoms with Crippen molar-refractivity contribution in [1.82, 2.24) is 4.98 Å². The molecule has 0 bridgehead atoms. The normalized spacial score (nSPS) is 14.2. The molecular weight excluding hydrogens is 388 g/mol. The Labute approximate surface area is 196 Å². The van der Waals surface area contributed by atoms with Crippen molar-refractivity contribution in [3.05, 3.63) is 90.0 Å². The minimum absolute atomic E-state index is 0.0200. The molecule has 0 aliphatic rings. The third-order valence-corrected chi connectivity index (χ3v) is 7.09. The maximum Gasteiger partial charge on any atom is 0.258 e. The van der Waals surface area contributed by atoms with Gasteiger partial charge in [-0.05, 0) is 30.4 Å². The van der Waals surface area contributed by atoms with Crippen LogP contribution in [0.1, 0.15) is 95.0 Å². The van der Waals surface area contributed by atoms with Gasteiger partial charge in [-0.2, -0.15) is 0 Å². The van der Waals surface area contributed by atoms with Crippen LogP contribution in [0.15, 0.2) is 73.1 Å². The van der Waals surface area contributed by atoms with Gasteiger partial charge in [-0.3, -0.25) is 0 Å². The van der Waals surface area contributed by atoms with Crippen molar-refractivity contribution in [2.24, 2.45) is 0 Å². The minimum Gasteiger partial charge on any atom is -0.247 e. The first-order chi connectivity index (χ1) is 15.7. The molecule has 1 aromatic heterocycles. The summed E-state index contributed by atoms with van der Waals surface area (Å²) >= 11 is 0. The molecule has 0 radical (unpaired) electrons. The number of benzene rings is 2. The van der Waals surface area contributed by atoms with Crippen LogP contribution < -0.4 is 4.57 Å². The number of aryl methyl sites for hydroxylation is 1. The Kier molecular flexibility index (Phi) is 9.59. The van der Waals surface area contributed by atoms with Crippen LogP contribution in [-0.2, 0) is 18.4 Å². The van der Waals surface area contributed by atoms with Gasteiger partial charge in [0, 0.05) is 5.41 Å². The number of aromatic amines is 1. The van der Waals surface area contributed by atoms with Gasteiger partial charge < -0.3 is 0 Å². The summed E-state index contributed by atoms with van der Waals surface area (Å²) in [5.41, 5.74) is 2.88. The van der Waals surface area contributed by atoms with E-state index in [1.807, 2.05) is 0 Å². The molecule has 1 heterocycles. The number of H-pyrrole nitrogens is 1. The Bertz CT molecular complexity index is 883. The molecule has 0 amide bonds. The first kappa shape index (κ1) is 24.3. The highest BCUT2D eigenvalue weighted by Crippen LogP contribution is 2.43. The first-order valence-electron chi connectivity index (χ1n) is 12.8. The van der Waals surface area contributed by atoms with Crippen molar-refractivity contribution in [1.29, 1.82) is 0 Å². The molecule has 0 spiro atoms. The molecule has 2 heteroatoms. The van der Waals surface area contributed by atoms with E-state index in [1.165, 1.54) is 68.3 Å². The van der Waals surface area contributed by atoms with E-state index < -0.39 is 0 Å². The van der Waals surface area contributed by atoms with Gasteiger partial charge >= 0.3 is 0 Å². The molecule has 2 aromatic carbocycles. The number of hydrogen-bond acceptors (Lipinski definition) is 0. The lowest BCUT2D eigenvalue weighted by Crippen LogP contribution is -2.43. The van der Waals surface area contributed by atoms with Gasteiger partial charge in [0.2, 0.25) is 0 Å². The van der Waals surface area contributed by atoms with Gasteiger partial charge in [0.05, 0.1) is 12.5 Å². The lowest BCUT2D eigenvalue weighted by molar-refractivity contribution is -0.705. The van der Waals surface area contributed by atoms with E-state index >= 15 is 0 Å². The molecule has 2 unspecified atom stereocenters. The SMILES string of the molecule is CCCCCCCC(c1[nH]cc[n+]1CCCC)C(C)(Cc1ccccc1)c1ccccc1. The summed E-state index contributed by atoms with van der Waals surface area (Å²) in [4.78, 5) is 3.69. The topological polar surface area (TPSA) is 19.7 Å². The highest BCUT2D eigenvalue weighted by molar-refractivity contribution is 5.32. The van der Waals surface area contributed by atoms with Crippen LogP contribution in [0.5, 0.6) is 0 Å². The molecule has 2 nitrogen and oxygen atoms in total. The van der Waals surface area contributed by atoms with Gasteiger partial charge in [0.15, 0.2) is 0 Å². The van der Waals surface area contributed by atoms with Crippen LogP contribution in [0.25, 0.3) is 0 Å². The lowest BCUT2D eigenvalue weighted by Gasteiger charge is -2.37. The molecule has 0 fully saturated rings. The number of nitrogens with zero attached hydrogens (tertiary/aromatic N) is 1. The number of hydrogen-bond donors (Lipinski definition) is 1. The average molecular weight is 432 g/mol. The van der Waals surface area contributed by atoms with Crippen LogP contribution in [0.3, 0.4) is 0 Å². The van der Waals surface area contributed by atoms with E-state index in [1.54, 1.807) is 0 Å². The van der Waals surface area contributed by atoms with Crippen LogP contribution in [0.2, 0.25) is 0 Å². The van der Waals surface area contributed by atoms with Gasteiger partial charge in [0.25, 0.3) is 5.82 Å². The van der Waals surface area contributed by atoms with E-state index in [2.05, 4.69) is 103 Å². The Morgan fingerprint density at radius 2 is 1.47 bits per heavy atom. The zero-order valence-corrected chi connectivity index (χ0v) is 20.5. The van der Waals surface area contributed by atoms with Crippen LogP contribution in [0.4, 0.5) is 0 Å². The highest BCUT2D eigenvalue weighted by atomic mass is 15.1. The molecule has 0 saturated carbocycles. The number of aromatic nitrogens is 2. The van der Waals surface area contributed by atoms with Crippen LogP contribution in [0, 0.1) is 0 Å². The maximum atomic E-state index is 3.69. The zero-order chi connectivity index (χ0) is 22.7. The summed E-state index contributed by atoms with van der Waals surface area (Å²) in [5, 5.41) is 0. The maximum absolute atomic E-state index is 3.69. The average Bonchev–Trinajstić information content (AvgIpc) is 3.29. The highest BCUT2D eigenvalue weighted by Gasteiger charge is 2.41. The molecule has 0 aliphatic carbocycles. The van der Waals surface area contributed by atoms with Crippen molar-refractivity contribution in [2.45, 2.75) is 96.4 Å². The van der Waals surface area contributed by atoms with E-state index in [0.29, 0.717) is 5.92 Å². The van der Waals surface area contributed by atoms with Crippen molar-refractivity contribution in [2.75, 3.05) is 0 Å². The predicted octanol–water partition coefficient (Wildman–Crippen LogP) is 7.75. The summed E-state index contributed by atoms with van der Waals surface area (Å²) in [5.74, 6) is 1.84. The van der Waals surface area contributed by atoms with E-state index in [9.17, 15) is 0 Å². The molecule has 3 aromatic rings. The fourth-order valence-electron chi connectivity index (χ4n) is 5.17. The molecule has 0 aliphatic heterocycles. The number of nitrogens with one attached hydrogen (secondary N) is 1. The Balaban J connectivity index is 1.99. The molecule has 172 valence electrons. The Morgan fingerprint density at radius 1 is 0.812 bits per heavy atom. The molecule has 2 atom stereocenters. The Morgan fingerprint density at radius 3 is 2.16 bits per heavy atom. The standard InChI is InChI=1S/C30H42N2/c1-4-6-8-9-16-21-28(29-31-22-24-32(29)23-7-5-2)30(3,27-19-14-11-15-20-27)25-26-17-12-10-13-18-26/h10-15,17-20,22,24,28H,4-9,16,21,23,25H2,1-3H3/p+1. The van der Waals surface area contributed by atoms with Crippen molar-refractivity contribution >= 4 is 0 Å². The summed E-state index contributed by atoms with van der Waals surface area (Å²) < 4.78 is 2.49. The van der Waals surface area contributed by atoms with Crippen molar-refractivity contribution in [3.8, 4) is 0 Å². The molecular formula is C30H43N2+. The van der Waals surface area contributed by atoms with Crippen molar-refractivity contribution < 1.29 is 4.57 Å². The summed E-state index contributed by atoms with van der Waals surface area (Å²) in [6.45, 7) is 8.17. The van der Waals surface area contributed by atoms with E-state index in [-0.39, 0.29) is 5.41 Å². The second-order valence-corrected chi connectivity index (χ2v) is 9.59. The van der Waals surface area contributed by atoms with E-state index in [4.69, 9.17) is 0 Å². The third kappa shape index (κ3) is 6.34. The van der Waals surface area contributed by atoms with Gasteiger partial charge in [-0.15, -0.1) is 0 Å². The number of imidazole rings is 1. The second-order valence-electron chi connectivity index (χ2n) is 9.59. The van der Waals surface area contributed by atoms with Gasteiger partial charge in [-0.25, -0.2) is 9.55 Å². The monoisotopic (exact) mass is 431 g/mol. The smallest absolute Gasteiger partial charge is 0.247 e. The summed E-state index contributed by atoms with van der Waals surface area (Å²) in [7, 11) is 0. The fourth-order valence-corrected chi connectivity index (χ4v) is 5.17. The Hall–Kier alpha value is -2.35. The molecule has 32 heavy (non-hydrogen) atoms. The summed E-state index contributed by atoms with van der Waals surface area (Å²) in [6.07, 6.45) is 15.7. The second kappa shape index (κ2) is 12.6. The zero-order valence-electron chi connectivity index (χ0n) is 20.5. The number of rotatable bonds is 14. The third-order valence-electron chi connectivity index (χ3n) is 7.09. The lowest BCUT2D eigenvalue weighted by atomic mass is 9.66. The van der Waals surface area contributed by atoms with Crippen LogP contribution >= 0.6 is 0 Å². The van der Waals surface area contributed by atoms with Crippen molar-refractivity contribution in [3.63, 3.8) is 0 Å². The van der Waals surface area contributed by atoms with Gasteiger partial charge in [-0.1, -0.05) is 120 Å². The first-order valence-corrected chi connectivity index (χ1v) is 12.8. The molecule has 3 rings (SSSR count). The quantitative estimate of drug-likeness (QED) is 0.199. The van der Waals surface area contributed by atoms with Gasteiger partial charge in [0.1, 0.15) is 12.4 Å². The number of unbranched alkanes of at least 4 members (excludes halogenated alkanes) is 5. The molecule has 1 N–H and O–H groups in total. The summed E-state index contributed by atoms with van der Waals surface area (Å²) in [6, 6.07) is 22.3. The fraction of sp³-hybridized carbons (Fsp3) is 0.500.